The molecule has 3 N–H and O–H groups in total. The van der Waals surface area contributed by atoms with Crippen LogP contribution in [-0.4, -0.2) is 46.5 Å². The maximum Gasteiger partial charge on any atom is 0.418 e. The Hall–Kier alpha value is -3.00. The molecule has 28 heavy (non-hydrogen) atoms. The van der Waals surface area contributed by atoms with Gasteiger partial charge in [-0.25, -0.2) is 9.78 Å². The molecule has 0 fully saturated rings. The number of halogens is 1. The van der Waals surface area contributed by atoms with E-state index in [1.807, 2.05) is 38.1 Å². The third-order valence-electron chi connectivity index (χ3n) is 4.19. The van der Waals surface area contributed by atoms with Gasteiger partial charge in [-0.1, -0.05) is 11.6 Å². The summed E-state index contributed by atoms with van der Waals surface area (Å²) < 4.78 is 4.98. The number of anilines is 2. The van der Waals surface area contributed by atoms with Crippen LogP contribution in [0.15, 0.2) is 45.7 Å². The molecule has 0 radical (unpaired) electrons. The van der Waals surface area contributed by atoms with Gasteiger partial charge in [0.25, 0.3) is 0 Å². The molecule has 148 valence electrons. The van der Waals surface area contributed by atoms with Crippen LogP contribution in [0, 0.1) is 0 Å². The van der Waals surface area contributed by atoms with Crippen LogP contribution >= 0.6 is 11.6 Å². The molecule has 0 aliphatic rings. The highest BCUT2D eigenvalue weighted by atomic mass is 35.5. The number of hydrogen-bond acceptors (Lipinski definition) is 6. The van der Waals surface area contributed by atoms with E-state index in [1.165, 1.54) is 0 Å². The van der Waals surface area contributed by atoms with E-state index < -0.39 is 5.76 Å². The molecule has 0 saturated carbocycles. The maximum atomic E-state index is 12.6. The van der Waals surface area contributed by atoms with Crippen LogP contribution in [0.4, 0.5) is 11.4 Å². The third kappa shape index (κ3) is 5.04. The van der Waals surface area contributed by atoms with E-state index in [2.05, 4.69) is 20.6 Å². The Kier molecular flexibility index (Phi) is 6.20. The van der Waals surface area contributed by atoms with Crippen LogP contribution in [-0.2, 0) is 4.79 Å². The van der Waals surface area contributed by atoms with Gasteiger partial charge in [0.1, 0.15) is 0 Å². The van der Waals surface area contributed by atoms with Crippen molar-refractivity contribution in [1.29, 1.82) is 0 Å². The zero-order chi connectivity index (χ0) is 20.1. The number of carbonyl (C=O) groups excluding carboxylic acids is 1. The summed E-state index contributed by atoms with van der Waals surface area (Å²) in [6.07, 6.45) is 1.54. The first kappa shape index (κ1) is 19.8. The summed E-state index contributed by atoms with van der Waals surface area (Å²) in [5, 5.41) is 6.99. The van der Waals surface area contributed by atoms with Crippen molar-refractivity contribution in [3.05, 3.63) is 52.1 Å². The predicted molar refractivity (Wildman–Crippen MR) is 110 cm³/mol. The smallest absolute Gasteiger partial charge is 0.406 e. The SMILES string of the molecule is CC(C)N(CCNc1ccc(Cl)cc1)C(=O)CNc1cnc2[nH]c(=O)oc2c1. The molecule has 0 unspecified atom stereocenters. The van der Waals surface area contributed by atoms with Crippen molar-refractivity contribution in [2.24, 2.45) is 0 Å². The fourth-order valence-electron chi connectivity index (χ4n) is 2.77. The normalized spacial score (nSPS) is 11.0. The number of benzene rings is 1. The van der Waals surface area contributed by atoms with Gasteiger partial charge in [-0.05, 0) is 38.1 Å². The minimum Gasteiger partial charge on any atom is -0.406 e. The molecule has 0 spiro atoms. The lowest BCUT2D eigenvalue weighted by molar-refractivity contribution is -0.130. The molecule has 8 nitrogen and oxygen atoms in total. The van der Waals surface area contributed by atoms with Gasteiger partial charge in [0, 0.05) is 35.9 Å². The van der Waals surface area contributed by atoms with Crippen LogP contribution in [0.3, 0.4) is 0 Å². The number of rotatable bonds is 8. The Balaban J connectivity index is 1.54. The summed E-state index contributed by atoms with van der Waals surface area (Å²) in [7, 11) is 0. The number of H-pyrrole nitrogens is 1. The minimum absolute atomic E-state index is 0.0384. The summed E-state index contributed by atoms with van der Waals surface area (Å²) in [6, 6.07) is 9.12. The van der Waals surface area contributed by atoms with E-state index >= 15 is 0 Å². The fourth-order valence-corrected chi connectivity index (χ4v) is 2.90. The molecule has 0 atom stereocenters. The molecule has 1 amide bonds. The summed E-state index contributed by atoms with van der Waals surface area (Å²) in [4.78, 5) is 32.2. The monoisotopic (exact) mass is 403 g/mol. The van der Waals surface area contributed by atoms with Gasteiger partial charge in [-0.3, -0.25) is 9.78 Å². The molecular weight excluding hydrogens is 382 g/mol. The van der Waals surface area contributed by atoms with Crippen LogP contribution in [0.1, 0.15) is 13.8 Å². The number of amides is 1. The van der Waals surface area contributed by atoms with Crippen LogP contribution < -0.4 is 16.4 Å². The highest BCUT2D eigenvalue weighted by molar-refractivity contribution is 6.30. The van der Waals surface area contributed by atoms with Gasteiger partial charge in [0.15, 0.2) is 11.2 Å². The first-order valence-corrected chi connectivity index (χ1v) is 9.32. The second kappa shape index (κ2) is 8.79. The molecule has 2 heterocycles. The summed E-state index contributed by atoms with van der Waals surface area (Å²) in [5.74, 6) is -0.599. The standard InChI is InChI=1S/C19H22ClN5O3/c1-12(2)25(8-7-21-14-5-3-13(20)4-6-14)17(26)11-22-15-9-16-18(23-10-15)24-19(27)28-16/h3-6,9-10,12,21-22H,7-8,11H2,1-2H3,(H,23,24,27). The molecular formula is C19H22ClN5O3. The molecule has 9 heteroatoms. The minimum atomic E-state index is -0.560. The molecule has 1 aromatic carbocycles. The molecule has 3 aromatic rings. The Morgan fingerprint density at radius 3 is 2.71 bits per heavy atom. The van der Waals surface area contributed by atoms with E-state index in [1.54, 1.807) is 17.2 Å². The number of nitrogens with zero attached hydrogens (tertiary/aromatic N) is 2. The zero-order valence-electron chi connectivity index (χ0n) is 15.7. The van der Waals surface area contributed by atoms with Gasteiger partial charge in [0.05, 0.1) is 18.4 Å². The third-order valence-corrected chi connectivity index (χ3v) is 4.44. The number of hydrogen-bond donors (Lipinski definition) is 3. The molecule has 2 aromatic heterocycles. The second-order valence-electron chi connectivity index (χ2n) is 6.55. The number of fused-ring (bicyclic) bond motifs is 1. The molecule has 0 aliphatic carbocycles. The number of oxazole rings is 1. The van der Waals surface area contributed by atoms with Gasteiger partial charge in [0.2, 0.25) is 5.91 Å². The van der Waals surface area contributed by atoms with Crippen molar-refractivity contribution in [3.8, 4) is 0 Å². The van der Waals surface area contributed by atoms with Crippen molar-refractivity contribution in [1.82, 2.24) is 14.9 Å². The zero-order valence-corrected chi connectivity index (χ0v) is 16.4. The van der Waals surface area contributed by atoms with E-state index in [9.17, 15) is 9.59 Å². The molecule has 0 saturated heterocycles. The van der Waals surface area contributed by atoms with Crippen LogP contribution in [0.2, 0.25) is 5.02 Å². The molecule has 3 rings (SSSR count). The van der Waals surface area contributed by atoms with E-state index in [-0.39, 0.29) is 18.5 Å². The second-order valence-corrected chi connectivity index (χ2v) is 6.99. The quantitative estimate of drug-likeness (QED) is 0.534. The first-order chi connectivity index (χ1) is 13.4. The van der Waals surface area contributed by atoms with Crippen molar-refractivity contribution in [2.75, 3.05) is 30.3 Å². The van der Waals surface area contributed by atoms with Gasteiger partial charge in [-0.2, -0.15) is 0 Å². The van der Waals surface area contributed by atoms with Crippen molar-refractivity contribution in [3.63, 3.8) is 0 Å². The largest absolute Gasteiger partial charge is 0.418 e. The van der Waals surface area contributed by atoms with Gasteiger partial charge < -0.3 is 20.0 Å². The number of aromatic amines is 1. The Morgan fingerprint density at radius 2 is 2.00 bits per heavy atom. The topological polar surface area (TPSA) is 103 Å². The van der Waals surface area contributed by atoms with Crippen molar-refractivity contribution >= 4 is 40.1 Å². The summed E-state index contributed by atoms with van der Waals surface area (Å²) >= 11 is 5.88. The highest BCUT2D eigenvalue weighted by Crippen LogP contribution is 2.14. The van der Waals surface area contributed by atoms with Crippen LogP contribution in [0.25, 0.3) is 11.2 Å². The number of aromatic nitrogens is 2. The lowest BCUT2D eigenvalue weighted by Gasteiger charge is -2.27. The lowest BCUT2D eigenvalue weighted by Crippen LogP contribution is -2.43. The Labute approximate surface area is 166 Å². The molecule has 0 bridgehead atoms. The first-order valence-electron chi connectivity index (χ1n) is 8.94. The Bertz CT molecular complexity index is 997. The Morgan fingerprint density at radius 1 is 1.25 bits per heavy atom. The number of nitrogens with one attached hydrogen (secondary N) is 3. The molecule has 0 aliphatic heterocycles. The van der Waals surface area contributed by atoms with Crippen molar-refractivity contribution < 1.29 is 9.21 Å². The number of carbonyl (C=O) groups is 1. The lowest BCUT2D eigenvalue weighted by atomic mass is 10.3. The maximum absolute atomic E-state index is 12.6. The summed E-state index contributed by atoms with van der Waals surface area (Å²) in [5.41, 5.74) is 2.27. The average molecular weight is 404 g/mol. The predicted octanol–water partition coefficient (Wildman–Crippen LogP) is 2.93. The van der Waals surface area contributed by atoms with E-state index in [4.69, 9.17) is 16.0 Å². The highest BCUT2D eigenvalue weighted by Gasteiger charge is 2.16. The van der Waals surface area contributed by atoms with Crippen molar-refractivity contribution in [2.45, 2.75) is 19.9 Å². The fraction of sp³-hybridized carbons (Fsp3) is 0.316. The summed E-state index contributed by atoms with van der Waals surface area (Å²) in [6.45, 7) is 5.24. The average Bonchev–Trinajstić information content (AvgIpc) is 3.03. The number of pyridine rings is 1. The van der Waals surface area contributed by atoms with Crippen LogP contribution in [0.5, 0.6) is 0 Å². The van der Waals surface area contributed by atoms with Gasteiger partial charge >= 0.3 is 5.76 Å². The van der Waals surface area contributed by atoms with E-state index in [0.29, 0.717) is 35.0 Å². The van der Waals surface area contributed by atoms with Gasteiger partial charge in [-0.15, -0.1) is 0 Å². The van der Waals surface area contributed by atoms with E-state index in [0.717, 1.165) is 5.69 Å².